The van der Waals surface area contributed by atoms with Crippen LogP contribution in [0.15, 0.2) is 16.6 Å². The first kappa shape index (κ1) is 11.4. The number of phenols is 1. The highest BCUT2D eigenvalue weighted by Crippen LogP contribution is 2.39. The molecule has 1 aromatic carbocycles. The van der Waals surface area contributed by atoms with Gasteiger partial charge in [0.05, 0.1) is 10.0 Å². The van der Waals surface area contributed by atoms with Gasteiger partial charge in [0, 0.05) is 12.5 Å². The van der Waals surface area contributed by atoms with Gasteiger partial charge in [-0.05, 0) is 22.0 Å². The molecule has 1 rings (SSSR count). The standard InChI is InChI=1S/C9H8BrF3O/c1-2-9(12,13)5-3-6(10)7(11)4-8(5)14/h3-4,14H,2H2,1H3. The Labute approximate surface area is 87.7 Å². The zero-order valence-corrected chi connectivity index (χ0v) is 8.91. The van der Waals surface area contributed by atoms with Crippen molar-refractivity contribution in [2.75, 3.05) is 0 Å². The molecule has 0 bridgehead atoms. The Bertz CT molecular complexity index is 352. The molecule has 1 aromatic rings. The molecule has 1 nitrogen and oxygen atoms in total. The molecule has 0 radical (unpaired) electrons. The van der Waals surface area contributed by atoms with E-state index in [2.05, 4.69) is 15.9 Å². The van der Waals surface area contributed by atoms with Crippen LogP contribution in [0, 0.1) is 5.82 Å². The molecule has 0 aliphatic carbocycles. The summed E-state index contributed by atoms with van der Waals surface area (Å²) in [7, 11) is 0. The molecule has 0 aliphatic rings. The van der Waals surface area contributed by atoms with Crippen molar-refractivity contribution < 1.29 is 18.3 Å². The summed E-state index contributed by atoms with van der Waals surface area (Å²) in [5.74, 6) is -4.63. The molecule has 0 atom stereocenters. The second-order valence-corrected chi connectivity index (χ2v) is 3.70. The highest BCUT2D eigenvalue weighted by atomic mass is 79.9. The van der Waals surface area contributed by atoms with Crippen LogP contribution in [-0.4, -0.2) is 5.11 Å². The largest absolute Gasteiger partial charge is 0.507 e. The molecular weight excluding hydrogens is 261 g/mol. The molecule has 5 heteroatoms. The van der Waals surface area contributed by atoms with E-state index in [1.807, 2.05) is 0 Å². The fraction of sp³-hybridized carbons (Fsp3) is 0.333. The summed E-state index contributed by atoms with van der Waals surface area (Å²) in [4.78, 5) is 0. The Morgan fingerprint density at radius 2 is 2.00 bits per heavy atom. The van der Waals surface area contributed by atoms with Gasteiger partial charge in [0.25, 0.3) is 5.92 Å². The van der Waals surface area contributed by atoms with Crippen molar-refractivity contribution in [2.45, 2.75) is 19.3 Å². The SMILES string of the molecule is CCC(F)(F)c1cc(Br)c(F)cc1O. The summed E-state index contributed by atoms with van der Waals surface area (Å²) in [6.07, 6.45) is -0.446. The van der Waals surface area contributed by atoms with Crippen LogP contribution < -0.4 is 0 Å². The van der Waals surface area contributed by atoms with Gasteiger partial charge in [-0.25, -0.2) is 13.2 Å². The maximum Gasteiger partial charge on any atom is 0.276 e. The molecule has 0 unspecified atom stereocenters. The molecule has 0 amide bonds. The zero-order valence-electron chi connectivity index (χ0n) is 7.32. The minimum atomic E-state index is -3.14. The Hall–Kier alpha value is -0.710. The van der Waals surface area contributed by atoms with Crippen LogP contribution in [0.5, 0.6) is 5.75 Å². The topological polar surface area (TPSA) is 20.2 Å². The van der Waals surface area contributed by atoms with Crippen LogP contribution in [-0.2, 0) is 5.92 Å². The molecule has 0 aromatic heterocycles. The van der Waals surface area contributed by atoms with Crippen molar-refractivity contribution in [2.24, 2.45) is 0 Å². The van der Waals surface area contributed by atoms with Gasteiger partial charge < -0.3 is 5.11 Å². The van der Waals surface area contributed by atoms with E-state index in [4.69, 9.17) is 5.11 Å². The summed E-state index contributed by atoms with van der Waals surface area (Å²) in [5, 5.41) is 9.14. The van der Waals surface area contributed by atoms with Crippen molar-refractivity contribution in [3.05, 3.63) is 28.0 Å². The first-order valence-electron chi connectivity index (χ1n) is 3.94. The van der Waals surface area contributed by atoms with E-state index < -0.39 is 29.5 Å². The molecule has 0 aliphatic heterocycles. The molecule has 0 heterocycles. The highest BCUT2D eigenvalue weighted by molar-refractivity contribution is 9.10. The summed E-state index contributed by atoms with van der Waals surface area (Å²) in [6, 6.07) is 1.57. The zero-order chi connectivity index (χ0) is 10.9. The third-order valence-corrected chi connectivity index (χ3v) is 2.48. The van der Waals surface area contributed by atoms with Gasteiger partial charge in [-0.2, -0.15) is 0 Å². The van der Waals surface area contributed by atoms with Crippen LogP contribution in [0.2, 0.25) is 0 Å². The number of benzene rings is 1. The lowest BCUT2D eigenvalue weighted by Crippen LogP contribution is -2.12. The first-order chi connectivity index (χ1) is 6.38. The number of phenolic OH excluding ortho intramolecular Hbond substituents is 1. The lowest BCUT2D eigenvalue weighted by atomic mass is 10.1. The van der Waals surface area contributed by atoms with Crippen molar-refractivity contribution in [3.8, 4) is 5.75 Å². The van der Waals surface area contributed by atoms with E-state index in [-0.39, 0.29) is 4.47 Å². The summed E-state index contributed by atoms with van der Waals surface area (Å²) >= 11 is 2.78. The summed E-state index contributed by atoms with van der Waals surface area (Å²) in [6.45, 7) is 1.29. The van der Waals surface area contributed by atoms with Crippen molar-refractivity contribution >= 4 is 15.9 Å². The van der Waals surface area contributed by atoms with Crippen LogP contribution in [0.4, 0.5) is 13.2 Å². The van der Waals surface area contributed by atoms with Gasteiger partial charge in [0.1, 0.15) is 11.6 Å². The van der Waals surface area contributed by atoms with Gasteiger partial charge in [-0.3, -0.25) is 0 Å². The van der Waals surface area contributed by atoms with Gasteiger partial charge in [-0.1, -0.05) is 6.92 Å². The second-order valence-electron chi connectivity index (χ2n) is 2.84. The van der Waals surface area contributed by atoms with E-state index >= 15 is 0 Å². The quantitative estimate of drug-likeness (QED) is 0.865. The van der Waals surface area contributed by atoms with Crippen molar-refractivity contribution in [1.29, 1.82) is 0 Å². The molecule has 0 saturated heterocycles. The molecular formula is C9H8BrF3O. The third-order valence-electron chi connectivity index (χ3n) is 1.88. The predicted molar refractivity (Wildman–Crippen MR) is 49.9 cm³/mol. The smallest absolute Gasteiger partial charge is 0.276 e. The van der Waals surface area contributed by atoms with E-state index in [0.29, 0.717) is 6.07 Å². The van der Waals surface area contributed by atoms with Gasteiger partial charge >= 0.3 is 0 Å². The second kappa shape index (κ2) is 3.81. The Morgan fingerprint density at radius 1 is 1.43 bits per heavy atom. The van der Waals surface area contributed by atoms with Gasteiger partial charge in [0.15, 0.2) is 0 Å². The fourth-order valence-electron chi connectivity index (χ4n) is 1.02. The van der Waals surface area contributed by atoms with E-state index in [1.54, 1.807) is 0 Å². The predicted octanol–water partition coefficient (Wildman–Crippen LogP) is 3.80. The maximum absolute atomic E-state index is 13.2. The van der Waals surface area contributed by atoms with E-state index in [1.165, 1.54) is 6.92 Å². The Balaban J connectivity index is 3.29. The monoisotopic (exact) mass is 268 g/mol. The summed E-state index contributed by atoms with van der Waals surface area (Å²) in [5.41, 5.74) is -0.562. The molecule has 14 heavy (non-hydrogen) atoms. The lowest BCUT2D eigenvalue weighted by molar-refractivity contribution is -0.0105. The number of halogens is 4. The minimum Gasteiger partial charge on any atom is -0.507 e. The van der Waals surface area contributed by atoms with Crippen LogP contribution >= 0.6 is 15.9 Å². The van der Waals surface area contributed by atoms with Gasteiger partial charge in [-0.15, -0.1) is 0 Å². The molecule has 0 fully saturated rings. The van der Waals surface area contributed by atoms with Gasteiger partial charge in [0.2, 0.25) is 0 Å². The summed E-state index contributed by atoms with van der Waals surface area (Å²) < 4.78 is 39.0. The number of rotatable bonds is 2. The number of hydrogen-bond acceptors (Lipinski definition) is 1. The average Bonchev–Trinajstić information content (AvgIpc) is 2.11. The Kier molecular flexibility index (Phi) is 3.09. The van der Waals surface area contributed by atoms with Crippen LogP contribution in [0.3, 0.4) is 0 Å². The molecule has 0 saturated carbocycles. The molecule has 78 valence electrons. The van der Waals surface area contributed by atoms with Crippen molar-refractivity contribution in [3.63, 3.8) is 0 Å². The first-order valence-corrected chi connectivity index (χ1v) is 4.74. The lowest BCUT2D eigenvalue weighted by Gasteiger charge is -2.16. The third kappa shape index (κ3) is 2.03. The normalized spacial score (nSPS) is 11.8. The van der Waals surface area contributed by atoms with Crippen LogP contribution in [0.25, 0.3) is 0 Å². The number of aromatic hydroxyl groups is 1. The van der Waals surface area contributed by atoms with E-state index in [0.717, 1.165) is 6.07 Å². The van der Waals surface area contributed by atoms with Crippen LogP contribution in [0.1, 0.15) is 18.9 Å². The number of alkyl halides is 2. The van der Waals surface area contributed by atoms with Crippen molar-refractivity contribution in [1.82, 2.24) is 0 Å². The number of hydrogen-bond donors (Lipinski definition) is 1. The van der Waals surface area contributed by atoms with E-state index in [9.17, 15) is 13.2 Å². The average molecular weight is 269 g/mol. The molecule has 0 spiro atoms. The fourth-order valence-corrected chi connectivity index (χ4v) is 1.36. The maximum atomic E-state index is 13.2. The highest BCUT2D eigenvalue weighted by Gasteiger charge is 2.32. The molecule has 1 N–H and O–H groups in total. The minimum absolute atomic E-state index is 0.0848. The Morgan fingerprint density at radius 3 is 2.50 bits per heavy atom.